The van der Waals surface area contributed by atoms with Crippen LogP contribution in [0, 0.1) is 29.1 Å². The Balaban J connectivity index is 1.54. The molecule has 1 aromatic heterocycles. The summed E-state index contributed by atoms with van der Waals surface area (Å²) in [6, 6.07) is 0.0575. The lowest BCUT2D eigenvalue weighted by Gasteiger charge is -2.58. The van der Waals surface area contributed by atoms with Gasteiger partial charge in [-0.2, -0.15) is 5.10 Å². The Labute approximate surface area is 189 Å². The fraction of sp³-hybridized carbons (Fsp3) is 0.708. The van der Waals surface area contributed by atoms with Crippen LogP contribution in [0.2, 0.25) is 0 Å². The molecule has 2 atom stereocenters. The van der Waals surface area contributed by atoms with Crippen molar-refractivity contribution in [2.45, 2.75) is 71.4 Å². The zero-order valence-electron chi connectivity index (χ0n) is 19.4. The summed E-state index contributed by atoms with van der Waals surface area (Å²) >= 11 is 0. The third-order valence-corrected chi connectivity index (χ3v) is 7.27. The maximum atomic E-state index is 13.3. The van der Waals surface area contributed by atoms with Gasteiger partial charge in [0.05, 0.1) is 23.8 Å². The molecule has 176 valence electrons. The number of ether oxygens (including phenoxy) is 1. The molecule has 3 N–H and O–H groups in total. The molecule has 32 heavy (non-hydrogen) atoms. The Morgan fingerprint density at radius 1 is 1.31 bits per heavy atom. The molecule has 4 aliphatic carbocycles. The first-order chi connectivity index (χ1) is 15.0. The van der Waals surface area contributed by atoms with Crippen molar-refractivity contribution in [3.05, 3.63) is 17.8 Å². The number of carboxylic acids is 1. The van der Waals surface area contributed by atoms with Gasteiger partial charge in [0, 0.05) is 12.2 Å². The molecule has 4 saturated carbocycles. The van der Waals surface area contributed by atoms with Crippen molar-refractivity contribution in [2.75, 3.05) is 6.61 Å². The van der Waals surface area contributed by atoms with Crippen molar-refractivity contribution < 1.29 is 24.5 Å². The number of carbonyl (C=O) groups excluding carboxylic acids is 1. The van der Waals surface area contributed by atoms with Gasteiger partial charge in [0.25, 0.3) is 5.91 Å². The summed E-state index contributed by atoms with van der Waals surface area (Å²) in [4.78, 5) is 24.7. The lowest BCUT2D eigenvalue weighted by atomic mass is 9.52. The minimum atomic E-state index is -1.08. The zero-order chi connectivity index (χ0) is 23.3. The largest absolute Gasteiger partial charge is 0.481 e. The van der Waals surface area contributed by atoms with Crippen molar-refractivity contribution in [1.82, 2.24) is 15.1 Å². The molecule has 8 nitrogen and oxygen atoms in total. The summed E-state index contributed by atoms with van der Waals surface area (Å²) in [6.45, 7) is 7.63. The van der Waals surface area contributed by atoms with Crippen LogP contribution in [0.3, 0.4) is 0 Å². The number of hydrogen-bond acceptors (Lipinski definition) is 5. The van der Waals surface area contributed by atoms with Crippen molar-refractivity contribution in [2.24, 2.45) is 29.1 Å². The van der Waals surface area contributed by atoms with Crippen LogP contribution >= 0.6 is 0 Å². The van der Waals surface area contributed by atoms with Crippen molar-refractivity contribution in [3.63, 3.8) is 0 Å². The van der Waals surface area contributed by atoms with E-state index < -0.39 is 17.0 Å². The van der Waals surface area contributed by atoms with Gasteiger partial charge in [0.1, 0.15) is 5.56 Å². The van der Waals surface area contributed by atoms with Crippen LogP contribution in [0.4, 0.5) is 0 Å². The molecule has 1 amide bonds. The molecular formula is C24H35N3O5. The van der Waals surface area contributed by atoms with Crippen molar-refractivity contribution >= 4 is 18.1 Å². The molecule has 8 heteroatoms. The summed E-state index contributed by atoms with van der Waals surface area (Å²) in [5.41, 5.74) is -1.28. The molecule has 4 bridgehead atoms. The van der Waals surface area contributed by atoms with E-state index in [1.807, 2.05) is 13.8 Å². The van der Waals surface area contributed by atoms with E-state index >= 15 is 0 Å². The van der Waals surface area contributed by atoms with Gasteiger partial charge in [-0.3, -0.25) is 9.59 Å². The Morgan fingerprint density at radius 3 is 2.53 bits per heavy atom. The fourth-order valence-corrected chi connectivity index (χ4v) is 5.78. The second kappa shape index (κ2) is 8.21. The number of nitrogens with zero attached hydrogens (tertiary/aromatic N) is 2. The molecule has 0 saturated heterocycles. The molecule has 0 aromatic carbocycles. The number of aliphatic hydroxyl groups is 1. The third-order valence-electron chi connectivity index (χ3n) is 7.27. The fourth-order valence-electron chi connectivity index (χ4n) is 5.78. The average molecular weight is 446 g/mol. The van der Waals surface area contributed by atoms with Gasteiger partial charge in [-0.25, -0.2) is 4.68 Å². The predicted octanol–water partition coefficient (Wildman–Crippen LogP) is 3.17. The van der Waals surface area contributed by atoms with Crippen molar-refractivity contribution in [3.8, 4) is 5.88 Å². The molecular weight excluding hydrogens is 410 g/mol. The quantitative estimate of drug-likeness (QED) is 0.566. The van der Waals surface area contributed by atoms with E-state index in [-0.39, 0.29) is 17.9 Å². The summed E-state index contributed by atoms with van der Waals surface area (Å²) in [5.74, 6) is 0.566. The van der Waals surface area contributed by atoms with E-state index in [0.717, 1.165) is 32.1 Å². The highest BCUT2D eigenvalue weighted by Gasteiger charge is 2.55. The van der Waals surface area contributed by atoms with Crippen LogP contribution in [-0.2, 0) is 4.79 Å². The highest BCUT2D eigenvalue weighted by molar-refractivity contribution is 5.96. The minimum Gasteiger partial charge on any atom is -0.481 e. The Bertz CT molecular complexity index is 903. The van der Waals surface area contributed by atoms with E-state index in [0.29, 0.717) is 35.8 Å². The normalized spacial score (nSPS) is 31.4. The molecule has 0 aliphatic heterocycles. The monoisotopic (exact) mass is 445 g/mol. The van der Waals surface area contributed by atoms with E-state index in [4.69, 9.17) is 4.74 Å². The number of aromatic nitrogens is 2. The van der Waals surface area contributed by atoms with Crippen LogP contribution in [0.15, 0.2) is 12.3 Å². The van der Waals surface area contributed by atoms with Crippen molar-refractivity contribution in [1.29, 1.82) is 0 Å². The summed E-state index contributed by atoms with van der Waals surface area (Å²) in [5, 5.41) is 27.7. The second-order valence-corrected chi connectivity index (χ2v) is 11.0. The predicted molar refractivity (Wildman–Crippen MR) is 119 cm³/mol. The molecule has 4 fully saturated rings. The second-order valence-electron chi connectivity index (χ2n) is 11.0. The van der Waals surface area contributed by atoms with Gasteiger partial charge < -0.3 is 20.3 Å². The van der Waals surface area contributed by atoms with E-state index in [9.17, 15) is 19.8 Å². The van der Waals surface area contributed by atoms with Crippen LogP contribution in [0.1, 0.15) is 70.2 Å². The first kappa shape index (κ1) is 22.8. The lowest BCUT2D eigenvalue weighted by Crippen LogP contribution is -2.61. The number of rotatable bonds is 8. The standard InChI is InChI=1S/C24H35N3O5/c1-14(2)13-32-21-18(12-25-27(21)6-5-23(3,4)22(29)30)20(28)26-19-16-7-15-8-17(19)11-24(31,9-15)10-16/h5-6,12,14-17,19,31H,7-11,13H2,1-4H3,(H,26,28)(H,29,30)/b6-5+/t15?,16?,17?,19-,24-. The van der Waals surface area contributed by atoms with Gasteiger partial charge in [-0.15, -0.1) is 0 Å². The highest BCUT2D eigenvalue weighted by atomic mass is 16.5. The number of carboxylic acid groups (broad SMARTS) is 1. The first-order valence-electron chi connectivity index (χ1n) is 11.6. The molecule has 4 aliphatic rings. The van der Waals surface area contributed by atoms with E-state index in [1.54, 1.807) is 20.0 Å². The number of carbonyl (C=O) groups is 2. The van der Waals surface area contributed by atoms with E-state index in [2.05, 4.69) is 10.4 Å². The van der Waals surface area contributed by atoms with Gasteiger partial charge in [-0.1, -0.05) is 13.8 Å². The van der Waals surface area contributed by atoms with Crippen LogP contribution in [0.25, 0.3) is 6.20 Å². The zero-order valence-corrected chi connectivity index (χ0v) is 19.4. The molecule has 1 heterocycles. The van der Waals surface area contributed by atoms with Gasteiger partial charge >= 0.3 is 5.97 Å². The topological polar surface area (TPSA) is 114 Å². The molecule has 2 unspecified atom stereocenters. The highest BCUT2D eigenvalue weighted by Crippen LogP contribution is 2.55. The van der Waals surface area contributed by atoms with Gasteiger partial charge in [0.2, 0.25) is 5.88 Å². The maximum Gasteiger partial charge on any atom is 0.312 e. The Morgan fingerprint density at radius 2 is 1.97 bits per heavy atom. The van der Waals surface area contributed by atoms with Gasteiger partial charge in [0.15, 0.2) is 0 Å². The van der Waals surface area contributed by atoms with Crippen LogP contribution in [-0.4, -0.2) is 50.1 Å². The summed E-state index contributed by atoms with van der Waals surface area (Å²) < 4.78 is 7.37. The van der Waals surface area contributed by atoms with E-state index in [1.165, 1.54) is 17.0 Å². The molecule has 5 rings (SSSR count). The molecule has 0 radical (unpaired) electrons. The minimum absolute atomic E-state index is 0.0575. The Hall–Kier alpha value is -2.35. The van der Waals surface area contributed by atoms with Crippen LogP contribution < -0.4 is 10.1 Å². The smallest absolute Gasteiger partial charge is 0.312 e. The third kappa shape index (κ3) is 4.42. The first-order valence-corrected chi connectivity index (χ1v) is 11.6. The lowest BCUT2D eigenvalue weighted by molar-refractivity contribution is -0.144. The Kier molecular flexibility index (Phi) is 5.86. The average Bonchev–Trinajstić information content (AvgIpc) is 3.09. The van der Waals surface area contributed by atoms with Gasteiger partial charge in [-0.05, 0) is 75.7 Å². The number of aliphatic carboxylic acids is 1. The molecule has 1 aromatic rings. The summed E-state index contributed by atoms with van der Waals surface area (Å²) in [6.07, 6.45) is 9.09. The summed E-state index contributed by atoms with van der Waals surface area (Å²) in [7, 11) is 0. The SMILES string of the molecule is CC(C)COc1c(C(=O)N[C@H]2C3CC4CC2C[C@](O)(C4)C3)cnn1/C=C/C(C)(C)C(=O)O. The number of hydrogen-bond donors (Lipinski definition) is 3. The maximum absolute atomic E-state index is 13.3. The number of nitrogens with one attached hydrogen (secondary N) is 1. The van der Waals surface area contributed by atoms with Crippen LogP contribution in [0.5, 0.6) is 5.88 Å². The molecule has 0 spiro atoms. The number of amides is 1.